The Bertz CT molecular complexity index is 430. The van der Waals surface area contributed by atoms with Gasteiger partial charge in [-0.05, 0) is 32.4 Å². The van der Waals surface area contributed by atoms with E-state index in [0.29, 0.717) is 13.1 Å². The minimum Gasteiger partial charge on any atom is -0.468 e. The highest BCUT2D eigenvalue weighted by Crippen LogP contribution is 2.28. The molecule has 3 nitrogen and oxygen atoms in total. The third-order valence-corrected chi connectivity index (χ3v) is 3.40. The zero-order chi connectivity index (χ0) is 13.6. The van der Waals surface area contributed by atoms with Crippen molar-refractivity contribution >= 4 is 29.2 Å². The topological polar surface area (TPSA) is 38.3 Å². The van der Waals surface area contributed by atoms with E-state index >= 15 is 0 Å². The summed E-state index contributed by atoms with van der Waals surface area (Å²) in [7, 11) is 0. The van der Waals surface area contributed by atoms with E-state index in [0.717, 1.165) is 11.3 Å². The van der Waals surface area contributed by atoms with Crippen LogP contribution in [0.4, 0.5) is 5.69 Å². The van der Waals surface area contributed by atoms with Gasteiger partial charge in [0.05, 0.1) is 12.1 Å². The summed E-state index contributed by atoms with van der Waals surface area (Å²) >= 11 is 5.36. The highest BCUT2D eigenvalue weighted by Gasteiger charge is 2.28. The van der Waals surface area contributed by atoms with E-state index in [9.17, 15) is 4.79 Å². The molecule has 0 bridgehead atoms. The molecule has 0 amide bonds. The van der Waals surface area contributed by atoms with Crippen LogP contribution < -0.4 is 5.32 Å². The maximum Gasteiger partial charge on any atom is 0.293 e. The lowest BCUT2D eigenvalue weighted by Crippen LogP contribution is -2.43. The monoisotopic (exact) mass is 265 g/mol. The van der Waals surface area contributed by atoms with E-state index in [-0.39, 0.29) is 5.54 Å². The van der Waals surface area contributed by atoms with Crippen molar-refractivity contribution in [2.24, 2.45) is 0 Å². The molecular weight excluding hydrogens is 246 g/mol. The van der Waals surface area contributed by atoms with Crippen LogP contribution in [-0.2, 0) is 16.0 Å². The molecule has 1 N–H and O–H groups in total. The number of carbonyl (C=O) groups excluding carboxylic acids is 1. The number of ether oxygens (including phenoxy) is 1. The van der Waals surface area contributed by atoms with Gasteiger partial charge in [-0.2, -0.15) is 0 Å². The molecule has 0 atom stereocenters. The predicted octanol–water partition coefficient (Wildman–Crippen LogP) is 2.98. The molecule has 1 aliphatic rings. The van der Waals surface area contributed by atoms with Crippen molar-refractivity contribution in [3.8, 4) is 0 Å². The Morgan fingerprint density at radius 2 is 2.11 bits per heavy atom. The van der Waals surface area contributed by atoms with Crippen LogP contribution in [-0.4, -0.2) is 23.5 Å². The van der Waals surface area contributed by atoms with Gasteiger partial charge in [0.1, 0.15) is 0 Å². The number of carbonyl (C=O) groups is 1. The molecule has 1 heterocycles. The second kappa shape index (κ2) is 6.50. The van der Waals surface area contributed by atoms with Crippen molar-refractivity contribution in [3.63, 3.8) is 0 Å². The van der Waals surface area contributed by atoms with E-state index in [4.69, 9.17) is 12.2 Å². The van der Waals surface area contributed by atoms with Crippen LogP contribution in [0.1, 0.15) is 26.3 Å². The maximum atomic E-state index is 9.18. The number of para-hydroxylation sites is 1. The Morgan fingerprint density at radius 1 is 1.44 bits per heavy atom. The fourth-order valence-electron chi connectivity index (χ4n) is 1.66. The molecule has 1 aromatic rings. The summed E-state index contributed by atoms with van der Waals surface area (Å²) in [6.45, 7) is 6.93. The summed E-state index contributed by atoms with van der Waals surface area (Å²) in [5.41, 5.74) is 2.50. The van der Waals surface area contributed by atoms with E-state index in [2.05, 4.69) is 48.2 Å². The fraction of sp³-hybridized carbons (Fsp3) is 0.429. The largest absolute Gasteiger partial charge is 0.468 e. The number of fused-ring (bicyclic) bond motifs is 1. The molecule has 0 aromatic heterocycles. The zero-order valence-corrected chi connectivity index (χ0v) is 11.8. The third kappa shape index (κ3) is 3.81. The number of benzene rings is 1. The Kier molecular flexibility index (Phi) is 5.28. The van der Waals surface area contributed by atoms with Crippen molar-refractivity contribution in [1.29, 1.82) is 0 Å². The van der Waals surface area contributed by atoms with Crippen molar-refractivity contribution in [3.05, 3.63) is 29.8 Å². The Hall–Kier alpha value is -1.42. The van der Waals surface area contributed by atoms with Gasteiger partial charge in [0.25, 0.3) is 6.47 Å². The van der Waals surface area contributed by atoms with Crippen LogP contribution in [0, 0.1) is 0 Å². The van der Waals surface area contributed by atoms with Crippen molar-refractivity contribution in [2.75, 3.05) is 11.9 Å². The standard InChI is InChI=1S/C11H13NS.C3H6O2/c1-11(2)10(13)7-8-5-3-4-6-9(8)12-11;1-2-5-3-4/h3-6,12H,7H2,1-2H3;3H,2H2,1H3. The average molecular weight is 265 g/mol. The molecule has 1 aliphatic heterocycles. The normalized spacial score (nSPS) is 15.6. The number of nitrogens with one attached hydrogen (secondary N) is 1. The minimum atomic E-state index is -0.0380. The quantitative estimate of drug-likeness (QED) is 0.659. The van der Waals surface area contributed by atoms with Gasteiger partial charge < -0.3 is 10.1 Å². The summed E-state index contributed by atoms with van der Waals surface area (Å²) in [4.78, 5) is 10.3. The van der Waals surface area contributed by atoms with Crippen molar-refractivity contribution in [1.82, 2.24) is 0 Å². The highest BCUT2D eigenvalue weighted by molar-refractivity contribution is 7.80. The number of hydrogen-bond donors (Lipinski definition) is 1. The molecule has 0 spiro atoms. The lowest BCUT2D eigenvalue weighted by atomic mass is 9.89. The van der Waals surface area contributed by atoms with E-state index in [1.807, 2.05) is 0 Å². The lowest BCUT2D eigenvalue weighted by Gasteiger charge is -2.34. The van der Waals surface area contributed by atoms with Crippen LogP contribution in [0.3, 0.4) is 0 Å². The Morgan fingerprint density at radius 3 is 2.67 bits per heavy atom. The molecule has 0 aliphatic carbocycles. The van der Waals surface area contributed by atoms with Gasteiger partial charge in [0.2, 0.25) is 0 Å². The molecule has 0 saturated heterocycles. The second-order valence-corrected chi connectivity index (χ2v) is 5.05. The first-order valence-corrected chi connectivity index (χ1v) is 6.36. The van der Waals surface area contributed by atoms with Crippen LogP contribution in [0.2, 0.25) is 0 Å². The minimum absolute atomic E-state index is 0.0380. The summed E-state index contributed by atoms with van der Waals surface area (Å²) in [6.07, 6.45) is 0.922. The summed E-state index contributed by atoms with van der Waals surface area (Å²) in [5, 5.41) is 3.44. The summed E-state index contributed by atoms with van der Waals surface area (Å²) < 4.78 is 4.15. The molecule has 18 heavy (non-hydrogen) atoms. The number of rotatable bonds is 2. The fourth-order valence-corrected chi connectivity index (χ4v) is 1.87. The van der Waals surface area contributed by atoms with Crippen LogP contribution in [0.15, 0.2) is 24.3 Å². The number of hydrogen-bond acceptors (Lipinski definition) is 4. The van der Waals surface area contributed by atoms with Crippen LogP contribution in [0.5, 0.6) is 0 Å². The van der Waals surface area contributed by atoms with Gasteiger partial charge in [0, 0.05) is 17.0 Å². The second-order valence-electron chi connectivity index (χ2n) is 4.56. The van der Waals surface area contributed by atoms with Gasteiger partial charge in [-0.1, -0.05) is 30.4 Å². The van der Waals surface area contributed by atoms with E-state index in [1.165, 1.54) is 11.3 Å². The van der Waals surface area contributed by atoms with Crippen LogP contribution >= 0.6 is 12.2 Å². The molecule has 0 fully saturated rings. The lowest BCUT2D eigenvalue weighted by molar-refractivity contribution is -0.128. The number of anilines is 1. The number of thiocarbonyl (C=S) groups is 1. The first kappa shape index (κ1) is 14.6. The molecule has 4 heteroatoms. The Balaban J connectivity index is 0.000000280. The predicted molar refractivity (Wildman–Crippen MR) is 78.1 cm³/mol. The average Bonchev–Trinajstić information content (AvgIpc) is 2.32. The molecule has 0 unspecified atom stereocenters. The van der Waals surface area contributed by atoms with Gasteiger partial charge >= 0.3 is 0 Å². The van der Waals surface area contributed by atoms with Crippen molar-refractivity contribution < 1.29 is 9.53 Å². The molecule has 1 aromatic carbocycles. The van der Waals surface area contributed by atoms with E-state index in [1.54, 1.807) is 6.92 Å². The summed E-state index contributed by atoms with van der Waals surface area (Å²) in [6, 6.07) is 8.35. The van der Waals surface area contributed by atoms with Crippen LogP contribution in [0.25, 0.3) is 0 Å². The first-order chi connectivity index (χ1) is 8.51. The van der Waals surface area contributed by atoms with Crippen molar-refractivity contribution in [2.45, 2.75) is 32.7 Å². The molecule has 0 radical (unpaired) electrons. The van der Waals surface area contributed by atoms with Gasteiger partial charge in [-0.25, -0.2) is 0 Å². The van der Waals surface area contributed by atoms with E-state index < -0.39 is 0 Å². The molecule has 0 saturated carbocycles. The molecule has 2 rings (SSSR count). The highest BCUT2D eigenvalue weighted by atomic mass is 32.1. The zero-order valence-electron chi connectivity index (χ0n) is 11.0. The Labute approximate surface area is 114 Å². The first-order valence-electron chi connectivity index (χ1n) is 5.96. The maximum absolute atomic E-state index is 9.18. The molecular formula is C14H19NO2S. The summed E-state index contributed by atoms with van der Waals surface area (Å²) in [5.74, 6) is 0. The van der Waals surface area contributed by atoms with Gasteiger partial charge in [0.15, 0.2) is 0 Å². The van der Waals surface area contributed by atoms with Gasteiger partial charge in [-0.3, -0.25) is 4.79 Å². The SMILES string of the molecule is CC1(C)Nc2ccccc2CC1=S.CCOC=O. The van der Waals surface area contributed by atoms with Gasteiger partial charge in [-0.15, -0.1) is 0 Å². The molecule has 98 valence electrons. The smallest absolute Gasteiger partial charge is 0.293 e. The third-order valence-electron chi connectivity index (χ3n) is 2.75.